The molecule has 1 saturated heterocycles. The first-order valence-electron chi connectivity index (χ1n) is 7.26. The number of nitrogens with zero attached hydrogens (tertiary/aromatic N) is 3. The molecule has 1 unspecified atom stereocenters. The summed E-state index contributed by atoms with van der Waals surface area (Å²) in [4.78, 5) is 33.7. The zero-order valence-electron chi connectivity index (χ0n) is 13.4. The van der Waals surface area contributed by atoms with Gasteiger partial charge in [-0.2, -0.15) is 0 Å². The van der Waals surface area contributed by atoms with Crippen LogP contribution in [0.2, 0.25) is 0 Å². The Morgan fingerprint density at radius 2 is 2.18 bits per heavy atom. The predicted octanol–water partition coefficient (Wildman–Crippen LogP) is 0.862. The Kier molecular flexibility index (Phi) is 4.63. The van der Waals surface area contributed by atoms with E-state index in [1.165, 1.54) is 19.5 Å². The highest BCUT2D eigenvalue weighted by Crippen LogP contribution is 2.25. The van der Waals surface area contributed by atoms with Gasteiger partial charge in [0.25, 0.3) is 5.91 Å². The lowest BCUT2D eigenvalue weighted by Gasteiger charge is -2.32. The molecule has 2 heterocycles. The van der Waals surface area contributed by atoms with Crippen molar-refractivity contribution < 1.29 is 14.3 Å². The fourth-order valence-electron chi connectivity index (χ4n) is 2.47. The molecule has 22 heavy (non-hydrogen) atoms. The van der Waals surface area contributed by atoms with E-state index in [4.69, 9.17) is 4.74 Å². The number of carbonyl (C=O) groups is 2. The number of ether oxygens (including phenoxy) is 1. The largest absolute Gasteiger partial charge is 0.481 e. The number of rotatable bonds is 4. The van der Waals surface area contributed by atoms with Crippen LogP contribution in [0.25, 0.3) is 0 Å². The minimum absolute atomic E-state index is 0.124. The Morgan fingerprint density at radius 1 is 1.45 bits per heavy atom. The number of carbonyl (C=O) groups excluding carboxylic acids is 2. The van der Waals surface area contributed by atoms with Gasteiger partial charge in [-0.15, -0.1) is 0 Å². The first kappa shape index (κ1) is 16.2. The summed E-state index contributed by atoms with van der Waals surface area (Å²) in [7, 11) is 1.48. The average molecular weight is 306 g/mol. The minimum atomic E-state index is -0.289. The fourth-order valence-corrected chi connectivity index (χ4v) is 2.47. The quantitative estimate of drug-likeness (QED) is 0.892. The highest BCUT2D eigenvalue weighted by atomic mass is 16.5. The monoisotopic (exact) mass is 306 g/mol. The molecule has 0 saturated carbocycles. The SMILES string of the molecule is COc1cc(C(=O)NCC2CC(=O)N(C(C)(C)C)C2)ncn1. The molecule has 0 radical (unpaired) electrons. The van der Waals surface area contributed by atoms with E-state index in [1.807, 2.05) is 25.7 Å². The second-order valence-corrected chi connectivity index (χ2v) is 6.40. The summed E-state index contributed by atoms with van der Waals surface area (Å²) in [5, 5.41) is 2.82. The van der Waals surface area contributed by atoms with Crippen LogP contribution in [0.5, 0.6) is 5.88 Å². The molecule has 1 aromatic rings. The highest BCUT2D eigenvalue weighted by Gasteiger charge is 2.36. The zero-order chi connectivity index (χ0) is 16.3. The summed E-state index contributed by atoms with van der Waals surface area (Å²) in [5.74, 6) is 0.312. The molecule has 1 aliphatic rings. The molecular formula is C15H22N4O3. The standard InChI is InChI=1S/C15H22N4O3/c1-15(2,3)19-8-10(5-13(19)20)7-16-14(21)11-6-12(22-4)18-9-17-11/h6,9-10H,5,7-8H2,1-4H3,(H,16,21). The van der Waals surface area contributed by atoms with Crippen LogP contribution in [0.4, 0.5) is 0 Å². The van der Waals surface area contributed by atoms with Gasteiger partial charge in [0.15, 0.2) is 0 Å². The van der Waals surface area contributed by atoms with Crippen molar-refractivity contribution in [1.29, 1.82) is 0 Å². The molecule has 1 fully saturated rings. The Labute approximate surface area is 130 Å². The van der Waals surface area contributed by atoms with Gasteiger partial charge in [0.2, 0.25) is 11.8 Å². The number of likely N-dealkylation sites (tertiary alicyclic amines) is 1. The van der Waals surface area contributed by atoms with Gasteiger partial charge < -0.3 is 15.0 Å². The molecule has 1 aromatic heterocycles. The number of hydrogen-bond acceptors (Lipinski definition) is 5. The number of nitrogens with one attached hydrogen (secondary N) is 1. The van der Waals surface area contributed by atoms with Crippen LogP contribution in [0.15, 0.2) is 12.4 Å². The van der Waals surface area contributed by atoms with Crippen LogP contribution in [0.3, 0.4) is 0 Å². The lowest BCUT2D eigenvalue weighted by molar-refractivity contribution is -0.131. The first-order chi connectivity index (χ1) is 10.3. The van der Waals surface area contributed by atoms with E-state index in [1.54, 1.807) is 0 Å². The van der Waals surface area contributed by atoms with E-state index >= 15 is 0 Å². The molecule has 1 N–H and O–H groups in total. The van der Waals surface area contributed by atoms with Crippen LogP contribution in [0, 0.1) is 5.92 Å². The summed E-state index contributed by atoms with van der Waals surface area (Å²) >= 11 is 0. The Morgan fingerprint density at radius 3 is 2.77 bits per heavy atom. The molecule has 0 bridgehead atoms. The molecule has 0 spiro atoms. The summed E-state index contributed by atoms with van der Waals surface area (Å²) in [6.07, 6.45) is 1.75. The van der Waals surface area contributed by atoms with Crippen LogP contribution in [0.1, 0.15) is 37.7 Å². The van der Waals surface area contributed by atoms with Crippen molar-refractivity contribution in [2.24, 2.45) is 5.92 Å². The molecular weight excluding hydrogens is 284 g/mol. The maximum atomic E-state index is 12.1. The summed E-state index contributed by atoms with van der Waals surface area (Å²) in [6.45, 7) is 7.15. The molecule has 7 nitrogen and oxygen atoms in total. The molecule has 7 heteroatoms. The van der Waals surface area contributed by atoms with E-state index in [2.05, 4.69) is 15.3 Å². The van der Waals surface area contributed by atoms with Crippen LogP contribution in [-0.2, 0) is 4.79 Å². The van der Waals surface area contributed by atoms with Crippen molar-refractivity contribution in [1.82, 2.24) is 20.2 Å². The predicted molar refractivity (Wildman–Crippen MR) is 80.5 cm³/mol. The summed E-state index contributed by atoms with van der Waals surface area (Å²) < 4.78 is 4.97. The molecule has 2 rings (SSSR count). The van der Waals surface area contributed by atoms with E-state index in [0.29, 0.717) is 25.4 Å². The summed E-state index contributed by atoms with van der Waals surface area (Å²) in [6, 6.07) is 1.48. The maximum absolute atomic E-state index is 12.1. The van der Waals surface area contributed by atoms with Crippen LogP contribution >= 0.6 is 0 Å². The Bertz CT molecular complexity index is 568. The number of hydrogen-bond donors (Lipinski definition) is 1. The topological polar surface area (TPSA) is 84.4 Å². The van der Waals surface area contributed by atoms with Crippen molar-refractivity contribution in [2.45, 2.75) is 32.7 Å². The van der Waals surface area contributed by atoms with E-state index < -0.39 is 0 Å². The van der Waals surface area contributed by atoms with Crippen molar-refractivity contribution in [3.05, 3.63) is 18.1 Å². The second-order valence-electron chi connectivity index (χ2n) is 6.40. The van der Waals surface area contributed by atoms with Gasteiger partial charge in [0, 0.05) is 37.0 Å². The van der Waals surface area contributed by atoms with Crippen LogP contribution in [-0.4, -0.2) is 52.4 Å². The Hall–Kier alpha value is -2.18. The van der Waals surface area contributed by atoms with Crippen molar-refractivity contribution in [3.63, 3.8) is 0 Å². The molecule has 2 amide bonds. The van der Waals surface area contributed by atoms with Crippen LogP contribution < -0.4 is 10.1 Å². The molecule has 1 atom stereocenters. The lowest BCUT2D eigenvalue weighted by atomic mass is 10.1. The van der Waals surface area contributed by atoms with E-state index in [0.717, 1.165) is 0 Å². The molecule has 1 aliphatic heterocycles. The number of amides is 2. The molecule has 0 aliphatic carbocycles. The number of aromatic nitrogens is 2. The van der Waals surface area contributed by atoms with Gasteiger partial charge in [-0.1, -0.05) is 0 Å². The van der Waals surface area contributed by atoms with E-state index in [-0.39, 0.29) is 29.0 Å². The van der Waals surface area contributed by atoms with Gasteiger partial charge >= 0.3 is 0 Å². The zero-order valence-corrected chi connectivity index (χ0v) is 13.4. The minimum Gasteiger partial charge on any atom is -0.481 e. The maximum Gasteiger partial charge on any atom is 0.270 e. The van der Waals surface area contributed by atoms with Crippen molar-refractivity contribution in [3.8, 4) is 5.88 Å². The lowest BCUT2D eigenvalue weighted by Crippen LogP contribution is -2.42. The average Bonchev–Trinajstić information content (AvgIpc) is 2.86. The Balaban J connectivity index is 1.91. The second kappa shape index (κ2) is 6.29. The summed E-state index contributed by atoms with van der Waals surface area (Å²) in [5.41, 5.74) is 0.0689. The normalized spacial score (nSPS) is 18.5. The third-order valence-electron chi connectivity index (χ3n) is 3.65. The van der Waals surface area contributed by atoms with E-state index in [9.17, 15) is 9.59 Å². The van der Waals surface area contributed by atoms with Gasteiger partial charge in [-0.3, -0.25) is 9.59 Å². The van der Waals surface area contributed by atoms with Gasteiger partial charge in [0.1, 0.15) is 12.0 Å². The van der Waals surface area contributed by atoms with Crippen molar-refractivity contribution in [2.75, 3.05) is 20.2 Å². The third-order valence-corrected chi connectivity index (χ3v) is 3.65. The van der Waals surface area contributed by atoms with Gasteiger partial charge in [-0.05, 0) is 20.8 Å². The first-order valence-corrected chi connectivity index (χ1v) is 7.26. The van der Waals surface area contributed by atoms with Gasteiger partial charge in [-0.25, -0.2) is 9.97 Å². The van der Waals surface area contributed by atoms with Crippen molar-refractivity contribution >= 4 is 11.8 Å². The van der Waals surface area contributed by atoms with Gasteiger partial charge in [0.05, 0.1) is 7.11 Å². The smallest absolute Gasteiger partial charge is 0.270 e. The fraction of sp³-hybridized carbons (Fsp3) is 0.600. The highest BCUT2D eigenvalue weighted by molar-refractivity contribution is 5.92. The molecule has 0 aromatic carbocycles. The third kappa shape index (κ3) is 3.72. The number of methoxy groups -OCH3 is 1. The molecule has 120 valence electrons.